The van der Waals surface area contributed by atoms with Crippen LogP contribution < -0.4 is 11.1 Å². The number of primary amides is 1. The van der Waals surface area contributed by atoms with Gasteiger partial charge in [-0.3, -0.25) is 9.78 Å². The van der Waals surface area contributed by atoms with E-state index in [0.717, 1.165) is 12.1 Å². The number of halogens is 3. The standard InChI is InChI=1S/C23H16F3N5O/c24-23(25,26)17-9-8-16(21(27)32)19(14-5-2-1-3-6-14)20(17)31-22-29-12-10-18(30-22)15-7-4-11-28-13-15/h1-13H,(H2,27,32)(H,29,30,31). The molecule has 4 aromatic rings. The molecule has 0 fully saturated rings. The molecule has 0 bridgehead atoms. The molecule has 2 aromatic heterocycles. The van der Waals surface area contributed by atoms with Gasteiger partial charge in [0.1, 0.15) is 0 Å². The van der Waals surface area contributed by atoms with Crippen molar-refractivity contribution in [2.45, 2.75) is 6.18 Å². The lowest BCUT2D eigenvalue weighted by Gasteiger charge is -2.20. The van der Waals surface area contributed by atoms with Crippen LogP contribution in [0, 0.1) is 0 Å². The number of nitrogens with zero attached hydrogens (tertiary/aromatic N) is 3. The summed E-state index contributed by atoms with van der Waals surface area (Å²) in [4.78, 5) is 24.5. The summed E-state index contributed by atoms with van der Waals surface area (Å²) in [6.45, 7) is 0. The van der Waals surface area contributed by atoms with E-state index in [1.807, 2.05) is 0 Å². The number of amides is 1. The Hall–Kier alpha value is -4.27. The molecule has 32 heavy (non-hydrogen) atoms. The number of rotatable bonds is 5. The first-order chi connectivity index (χ1) is 15.3. The normalized spacial score (nSPS) is 11.2. The third-order valence-corrected chi connectivity index (χ3v) is 4.69. The molecule has 0 atom stereocenters. The van der Waals surface area contributed by atoms with Gasteiger partial charge in [-0.15, -0.1) is 0 Å². The van der Waals surface area contributed by atoms with Crippen LogP contribution in [0.15, 0.2) is 79.3 Å². The lowest BCUT2D eigenvalue weighted by molar-refractivity contribution is -0.136. The zero-order valence-corrected chi connectivity index (χ0v) is 16.5. The Balaban J connectivity index is 1.91. The van der Waals surface area contributed by atoms with Crippen molar-refractivity contribution in [3.8, 4) is 22.4 Å². The molecule has 0 radical (unpaired) electrons. The number of benzene rings is 2. The number of pyridine rings is 1. The van der Waals surface area contributed by atoms with Crippen LogP contribution in [0.3, 0.4) is 0 Å². The zero-order chi connectivity index (χ0) is 22.7. The van der Waals surface area contributed by atoms with E-state index >= 15 is 0 Å². The van der Waals surface area contributed by atoms with Crippen molar-refractivity contribution in [1.29, 1.82) is 0 Å². The van der Waals surface area contributed by atoms with Crippen LogP contribution in [-0.2, 0) is 6.18 Å². The molecular formula is C23H16F3N5O. The number of aromatic nitrogens is 3. The van der Waals surface area contributed by atoms with E-state index < -0.39 is 17.6 Å². The molecule has 9 heteroatoms. The molecule has 0 aliphatic carbocycles. The Morgan fingerprint density at radius 1 is 0.906 bits per heavy atom. The van der Waals surface area contributed by atoms with E-state index in [1.165, 1.54) is 6.20 Å². The third-order valence-electron chi connectivity index (χ3n) is 4.69. The highest BCUT2D eigenvalue weighted by Crippen LogP contribution is 2.43. The van der Waals surface area contributed by atoms with Gasteiger partial charge in [-0.25, -0.2) is 9.97 Å². The predicted molar refractivity (Wildman–Crippen MR) is 114 cm³/mol. The molecule has 2 aromatic carbocycles. The van der Waals surface area contributed by atoms with Crippen LogP contribution in [0.5, 0.6) is 0 Å². The van der Waals surface area contributed by atoms with Gasteiger partial charge in [0.15, 0.2) is 0 Å². The van der Waals surface area contributed by atoms with Crippen molar-refractivity contribution in [2.75, 3.05) is 5.32 Å². The molecule has 160 valence electrons. The van der Waals surface area contributed by atoms with Crippen molar-refractivity contribution in [3.05, 3.63) is 90.4 Å². The van der Waals surface area contributed by atoms with Crippen LogP contribution in [0.25, 0.3) is 22.4 Å². The largest absolute Gasteiger partial charge is 0.418 e. The number of carbonyl (C=O) groups is 1. The van der Waals surface area contributed by atoms with Gasteiger partial charge in [0.05, 0.1) is 16.9 Å². The third kappa shape index (κ3) is 4.27. The van der Waals surface area contributed by atoms with Crippen molar-refractivity contribution >= 4 is 17.5 Å². The Bertz CT molecular complexity index is 1260. The molecule has 0 aliphatic heterocycles. The fourth-order valence-electron chi connectivity index (χ4n) is 3.28. The molecule has 3 N–H and O–H groups in total. The van der Waals surface area contributed by atoms with E-state index in [2.05, 4.69) is 20.3 Å². The van der Waals surface area contributed by atoms with Gasteiger partial charge in [-0.2, -0.15) is 13.2 Å². The number of anilines is 2. The van der Waals surface area contributed by atoms with E-state index in [9.17, 15) is 18.0 Å². The monoisotopic (exact) mass is 435 g/mol. The Morgan fingerprint density at radius 2 is 1.66 bits per heavy atom. The molecule has 1 amide bonds. The molecule has 0 unspecified atom stereocenters. The minimum atomic E-state index is -4.71. The summed E-state index contributed by atoms with van der Waals surface area (Å²) in [5, 5.41) is 2.68. The number of nitrogens with two attached hydrogens (primary N) is 1. The Labute approximate surface area is 181 Å². The first-order valence-electron chi connectivity index (χ1n) is 9.44. The number of carbonyl (C=O) groups excluding carboxylic acids is 1. The molecule has 0 aliphatic rings. The Kier molecular flexibility index (Phi) is 5.55. The lowest BCUT2D eigenvalue weighted by atomic mass is 9.93. The first kappa shape index (κ1) is 21.0. The zero-order valence-electron chi connectivity index (χ0n) is 16.5. The number of nitrogens with one attached hydrogen (secondary N) is 1. The molecule has 2 heterocycles. The van der Waals surface area contributed by atoms with Gasteiger partial charge < -0.3 is 11.1 Å². The highest BCUT2D eigenvalue weighted by molar-refractivity contribution is 6.04. The van der Waals surface area contributed by atoms with E-state index in [4.69, 9.17) is 5.73 Å². The maximum atomic E-state index is 13.9. The van der Waals surface area contributed by atoms with Crippen LogP contribution in [0.1, 0.15) is 15.9 Å². The van der Waals surface area contributed by atoms with Gasteiger partial charge in [-0.05, 0) is 35.9 Å². The summed E-state index contributed by atoms with van der Waals surface area (Å²) in [7, 11) is 0. The summed E-state index contributed by atoms with van der Waals surface area (Å²) in [5.74, 6) is -0.929. The van der Waals surface area contributed by atoms with Gasteiger partial charge >= 0.3 is 6.18 Å². The van der Waals surface area contributed by atoms with E-state index in [1.54, 1.807) is 60.9 Å². The van der Waals surface area contributed by atoms with Crippen molar-refractivity contribution in [2.24, 2.45) is 5.73 Å². The summed E-state index contributed by atoms with van der Waals surface area (Å²) < 4.78 is 41.8. The summed E-state index contributed by atoms with van der Waals surface area (Å²) >= 11 is 0. The van der Waals surface area contributed by atoms with Gasteiger partial charge in [0.2, 0.25) is 11.9 Å². The van der Waals surface area contributed by atoms with Crippen LogP contribution in [0.4, 0.5) is 24.8 Å². The molecular weight excluding hydrogens is 419 g/mol. The van der Waals surface area contributed by atoms with Gasteiger partial charge in [0.25, 0.3) is 0 Å². The SMILES string of the molecule is NC(=O)c1ccc(C(F)(F)F)c(Nc2nccc(-c3cccnc3)n2)c1-c1ccccc1. The molecule has 0 spiro atoms. The van der Waals surface area contributed by atoms with E-state index in [0.29, 0.717) is 16.8 Å². The fourth-order valence-corrected chi connectivity index (χ4v) is 3.28. The lowest BCUT2D eigenvalue weighted by Crippen LogP contribution is -2.17. The van der Waals surface area contributed by atoms with Crippen LogP contribution in [0.2, 0.25) is 0 Å². The second-order valence-electron chi connectivity index (χ2n) is 6.77. The minimum absolute atomic E-state index is 0.0169. The molecule has 0 saturated heterocycles. The topological polar surface area (TPSA) is 93.8 Å². The maximum absolute atomic E-state index is 13.9. The highest BCUT2D eigenvalue weighted by atomic mass is 19.4. The summed E-state index contributed by atoms with van der Waals surface area (Å²) in [5.41, 5.74) is 5.64. The van der Waals surface area contributed by atoms with Crippen molar-refractivity contribution in [1.82, 2.24) is 15.0 Å². The van der Waals surface area contributed by atoms with E-state index in [-0.39, 0.29) is 22.8 Å². The molecule has 4 rings (SSSR count). The quantitative estimate of drug-likeness (QED) is 0.457. The van der Waals surface area contributed by atoms with Crippen molar-refractivity contribution < 1.29 is 18.0 Å². The van der Waals surface area contributed by atoms with Gasteiger partial charge in [-0.1, -0.05) is 30.3 Å². The van der Waals surface area contributed by atoms with Crippen LogP contribution >= 0.6 is 0 Å². The van der Waals surface area contributed by atoms with Gasteiger partial charge in [0, 0.05) is 35.3 Å². The minimum Gasteiger partial charge on any atom is -0.366 e. The second-order valence-corrected chi connectivity index (χ2v) is 6.77. The predicted octanol–water partition coefficient (Wildman–Crippen LogP) is 5.07. The summed E-state index contributed by atoms with van der Waals surface area (Å²) in [6, 6.07) is 15.2. The number of hydrogen-bond donors (Lipinski definition) is 2. The average Bonchev–Trinajstić information content (AvgIpc) is 2.79. The Morgan fingerprint density at radius 3 is 2.31 bits per heavy atom. The average molecular weight is 435 g/mol. The molecule has 6 nitrogen and oxygen atoms in total. The second kappa shape index (κ2) is 8.46. The molecule has 0 saturated carbocycles. The van der Waals surface area contributed by atoms with Crippen molar-refractivity contribution in [3.63, 3.8) is 0 Å². The highest BCUT2D eigenvalue weighted by Gasteiger charge is 2.36. The number of alkyl halides is 3. The maximum Gasteiger partial charge on any atom is 0.418 e. The fraction of sp³-hybridized carbons (Fsp3) is 0.0435. The first-order valence-corrected chi connectivity index (χ1v) is 9.44. The summed E-state index contributed by atoms with van der Waals surface area (Å²) in [6.07, 6.45) is -0.106. The smallest absolute Gasteiger partial charge is 0.366 e. The van der Waals surface area contributed by atoms with Crippen LogP contribution in [-0.4, -0.2) is 20.9 Å². The number of hydrogen-bond acceptors (Lipinski definition) is 5.